The first-order valence-corrected chi connectivity index (χ1v) is 4.70. The predicted molar refractivity (Wildman–Crippen MR) is 55.1 cm³/mol. The Balaban J connectivity index is 2.24. The number of hydrogen-bond donors (Lipinski definition) is 1. The van der Waals surface area contributed by atoms with Crippen LogP contribution < -0.4 is 0 Å². The van der Waals surface area contributed by atoms with E-state index in [4.69, 9.17) is 5.11 Å². The summed E-state index contributed by atoms with van der Waals surface area (Å²) >= 11 is 0. The molecule has 1 N–H and O–H groups in total. The van der Waals surface area contributed by atoms with Crippen molar-refractivity contribution in [3.63, 3.8) is 0 Å². The molecule has 0 aliphatic rings. The monoisotopic (exact) mass is 218 g/mol. The van der Waals surface area contributed by atoms with Gasteiger partial charge in [0.05, 0.1) is 11.3 Å². The minimum atomic E-state index is -1.01. The first-order chi connectivity index (χ1) is 7.66. The van der Waals surface area contributed by atoms with Gasteiger partial charge in [0.25, 0.3) is 0 Å². The third-order valence-electron chi connectivity index (χ3n) is 2.12. The van der Waals surface area contributed by atoms with Crippen LogP contribution in [0.25, 0.3) is 0 Å². The molecule has 0 aliphatic carbocycles. The molecule has 0 amide bonds. The summed E-state index contributed by atoms with van der Waals surface area (Å²) in [6, 6.07) is 1.80. The van der Waals surface area contributed by atoms with Gasteiger partial charge in [0.15, 0.2) is 0 Å². The van der Waals surface area contributed by atoms with Crippen molar-refractivity contribution in [3.05, 3.63) is 41.7 Å². The SMILES string of the molecule is Cc1nc(Cn2cccn2)ncc1C(=O)O. The summed E-state index contributed by atoms with van der Waals surface area (Å²) in [4.78, 5) is 18.9. The number of carbonyl (C=O) groups is 1. The number of aryl methyl sites for hydroxylation is 1. The Morgan fingerprint density at radius 2 is 2.38 bits per heavy atom. The topological polar surface area (TPSA) is 80.9 Å². The highest BCUT2D eigenvalue weighted by atomic mass is 16.4. The number of carboxylic acid groups (broad SMARTS) is 1. The standard InChI is InChI=1S/C10H10N4O2/c1-7-8(10(15)16)5-11-9(13-7)6-14-4-2-3-12-14/h2-5H,6H2,1H3,(H,15,16). The van der Waals surface area contributed by atoms with Crippen molar-refractivity contribution in [1.82, 2.24) is 19.7 Å². The molecule has 2 aromatic rings. The lowest BCUT2D eigenvalue weighted by Gasteiger charge is -2.03. The zero-order chi connectivity index (χ0) is 11.5. The molecule has 2 heterocycles. The van der Waals surface area contributed by atoms with Crippen molar-refractivity contribution in [1.29, 1.82) is 0 Å². The highest BCUT2D eigenvalue weighted by Gasteiger charge is 2.09. The zero-order valence-corrected chi connectivity index (χ0v) is 8.66. The van der Waals surface area contributed by atoms with Gasteiger partial charge < -0.3 is 5.11 Å². The van der Waals surface area contributed by atoms with Crippen LogP contribution >= 0.6 is 0 Å². The Bertz CT molecular complexity index is 508. The Morgan fingerprint density at radius 3 is 2.94 bits per heavy atom. The van der Waals surface area contributed by atoms with E-state index in [-0.39, 0.29) is 5.56 Å². The first kappa shape index (κ1) is 10.3. The number of nitrogens with zero attached hydrogens (tertiary/aromatic N) is 4. The van der Waals surface area contributed by atoms with Gasteiger partial charge in [0, 0.05) is 18.6 Å². The second kappa shape index (κ2) is 4.09. The average Bonchev–Trinajstić information content (AvgIpc) is 2.70. The minimum Gasteiger partial charge on any atom is -0.478 e. The van der Waals surface area contributed by atoms with Crippen molar-refractivity contribution in [2.45, 2.75) is 13.5 Å². The summed E-state index contributed by atoms with van der Waals surface area (Å²) in [6.07, 6.45) is 4.78. The van der Waals surface area contributed by atoms with Crippen molar-refractivity contribution in [2.75, 3.05) is 0 Å². The van der Waals surface area contributed by atoms with E-state index >= 15 is 0 Å². The molecule has 6 heteroatoms. The Morgan fingerprint density at radius 1 is 1.56 bits per heavy atom. The smallest absolute Gasteiger partial charge is 0.339 e. The molecule has 0 aliphatic heterocycles. The number of aromatic carboxylic acids is 1. The fourth-order valence-corrected chi connectivity index (χ4v) is 1.34. The molecule has 0 radical (unpaired) electrons. The van der Waals surface area contributed by atoms with Crippen LogP contribution in [-0.4, -0.2) is 30.8 Å². The summed E-state index contributed by atoms with van der Waals surface area (Å²) in [7, 11) is 0. The fourth-order valence-electron chi connectivity index (χ4n) is 1.34. The maximum absolute atomic E-state index is 10.8. The molecule has 16 heavy (non-hydrogen) atoms. The molecule has 0 unspecified atom stereocenters. The van der Waals surface area contributed by atoms with E-state index in [2.05, 4.69) is 15.1 Å². The third kappa shape index (κ3) is 2.05. The van der Waals surface area contributed by atoms with Crippen LogP contribution in [0.15, 0.2) is 24.7 Å². The molecular formula is C10H10N4O2. The van der Waals surface area contributed by atoms with Crippen molar-refractivity contribution in [3.8, 4) is 0 Å². The highest BCUT2D eigenvalue weighted by molar-refractivity contribution is 5.88. The Kier molecular flexibility index (Phi) is 2.63. The van der Waals surface area contributed by atoms with E-state index < -0.39 is 5.97 Å². The minimum absolute atomic E-state index is 0.129. The maximum atomic E-state index is 10.8. The Hall–Kier alpha value is -2.24. The molecule has 82 valence electrons. The molecule has 0 aromatic carbocycles. The lowest BCUT2D eigenvalue weighted by Crippen LogP contribution is -2.09. The summed E-state index contributed by atoms with van der Waals surface area (Å²) in [5.74, 6) is -0.464. The second-order valence-electron chi connectivity index (χ2n) is 3.29. The number of hydrogen-bond acceptors (Lipinski definition) is 4. The summed E-state index contributed by atoms with van der Waals surface area (Å²) in [5.41, 5.74) is 0.592. The molecule has 2 rings (SSSR count). The Labute approximate surface area is 91.6 Å². The van der Waals surface area contributed by atoms with Gasteiger partial charge in [-0.05, 0) is 13.0 Å². The summed E-state index contributed by atoms with van der Waals surface area (Å²) in [5, 5.41) is 12.8. The van der Waals surface area contributed by atoms with Gasteiger partial charge in [0.2, 0.25) is 0 Å². The van der Waals surface area contributed by atoms with Crippen molar-refractivity contribution < 1.29 is 9.90 Å². The molecule has 6 nitrogen and oxygen atoms in total. The van der Waals surface area contributed by atoms with Crippen LogP contribution in [0.2, 0.25) is 0 Å². The van der Waals surface area contributed by atoms with Gasteiger partial charge in [-0.1, -0.05) is 0 Å². The van der Waals surface area contributed by atoms with Gasteiger partial charge in [-0.15, -0.1) is 0 Å². The van der Waals surface area contributed by atoms with E-state index in [1.54, 1.807) is 30.1 Å². The predicted octanol–water partition coefficient (Wildman–Crippen LogP) is 0.728. The van der Waals surface area contributed by atoms with Crippen LogP contribution in [-0.2, 0) is 6.54 Å². The molecule has 0 atom stereocenters. The molecule has 0 fully saturated rings. The van der Waals surface area contributed by atoms with Gasteiger partial charge in [-0.2, -0.15) is 5.10 Å². The number of rotatable bonds is 3. The van der Waals surface area contributed by atoms with Crippen LogP contribution in [0.4, 0.5) is 0 Å². The highest BCUT2D eigenvalue weighted by Crippen LogP contribution is 2.04. The van der Waals surface area contributed by atoms with Crippen molar-refractivity contribution in [2.24, 2.45) is 0 Å². The van der Waals surface area contributed by atoms with E-state index in [0.717, 1.165) is 0 Å². The molecule has 0 saturated heterocycles. The average molecular weight is 218 g/mol. The molecule has 0 bridgehead atoms. The van der Waals surface area contributed by atoms with Crippen molar-refractivity contribution >= 4 is 5.97 Å². The summed E-state index contributed by atoms with van der Waals surface area (Å²) < 4.78 is 1.68. The normalized spacial score (nSPS) is 10.3. The van der Waals surface area contributed by atoms with Gasteiger partial charge in [-0.25, -0.2) is 14.8 Å². The second-order valence-corrected chi connectivity index (χ2v) is 3.29. The van der Waals surface area contributed by atoms with Crippen LogP contribution in [0, 0.1) is 6.92 Å². The molecule has 0 spiro atoms. The zero-order valence-electron chi connectivity index (χ0n) is 8.66. The van der Waals surface area contributed by atoms with Gasteiger partial charge >= 0.3 is 5.97 Å². The fraction of sp³-hybridized carbons (Fsp3) is 0.200. The lowest BCUT2D eigenvalue weighted by atomic mass is 10.2. The first-order valence-electron chi connectivity index (χ1n) is 4.70. The van der Waals surface area contributed by atoms with Gasteiger partial charge in [-0.3, -0.25) is 4.68 Å². The summed E-state index contributed by atoms with van der Waals surface area (Å²) in [6.45, 7) is 2.09. The van der Waals surface area contributed by atoms with E-state index in [0.29, 0.717) is 18.1 Å². The van der Waals surface area contributed by atoms with E-state index in [1.165, 1.54) is 6.20 Å². The number of aromatic nitrogens is 4. The van der Waals surface area contributed by atoms with Crippen LogP contribution in [0.5, 0.6) is 0 Å². The molecular weight excluding hydrogens is 208 g/mol. The maximum Gasteiger partial charge on any atom is 0.339 e. The lowest BCUT2D eigenvalue weighted by molar-refractivity contribution is 0.0695. The van der Waals surface area contributed by atoms with Crippen LogP contribution in [0.1, 0.15) is 21.9 Å². The van der Waals surface area contributed by atoms with Gasteiger partial charge in [0.1, 0.15) is 12.4 Å². The quantitative estimate of drug-likeness (QED) is 0.821. The van der Waals surface area contributed by atoms with Crippen LogP contribution in [0.3, 0.4) is 0 Å². The third-order valence-corrected chi connectivity index (χ3v) is 2.12. The molecule has 2 aromatic heterocycles. The molecule has 0 saturated carbocycles. The largest absolute Gasteiger partial charge is 0.478 e. The number of carboxylic acids is 1. The van der Waals surface area contributed by atoms with E-state index in [9.17, 15) is 4.79 Å². The van der Waals surface area contributed by atoms with E-state index in [1.807, 2.05) is 0 Å².